The van der Waals surface area contributed by atoms with Crippen LogP contribution in [0.25, 0.3) is 0 Å². The Balaban J connectivity index is 1.63. The van der Waals surface area contributed by atoms with Crippen molar-refractivity contribution >= 4 is 22.5 Å². The minimum atomic E-state index is -0.237. The molecule has 0 spiro atoms. The summed E-state index contributed by atoms with van der Waals surface area (Å²) in [6.45, 7) is 9.57. The van der Waals surface area contributed by atoms with Gasteiger partial charge in [-0.3, -0.25) is 5.32 Å². The third-order valence-corrected chi connectivity index (χ3v) is 4.31. The number of nitrogens with one attached hydrogen (secondary N) is 2. The van der Waals surface area contributed by atoms with Gasteiger partial charge in [-0.25, -0.2) is 9.78 Å². The minimum Gasteiger partial charge on any atom is -0.494 e. The Kier molecular flexibility index (Phi) is 6.20. The highest BCUT2D eigenvalue weighted by molar-refractivity contribution is 7.13. The zero-order valence-electron chi connectivity index (χ0n) is 14.7. The number of benzene rings is 1. The summed E-state index contributed by atoms with van der Waals surface area (Å²) in [7, 11) is 0. The smallest absolute Gasteiger partial charge is 0.321 e. The monoisotopic (exact) mass is 347 g/mol. The lowest BCUT2D eigenvalue weighted by atomic mass is 9.87. The molecule has 1 aromatic heterocycles. The molecule has 0 aliphatic carbocycles. The normalized spacial score (nSPS) is 11.2. The van der Waals surface area contributed by atoms with Crippen LogP contribution in [-0.2, 0) is 5.41 Å². The number of urea groups is 1. The first-order valence-corrected chi connectivity index (χ1v) is 8.93. The van der Waals surface area contributed by atoms with Crippen molar-refractivity contribution in [1.82, 2.24) is 10.3 Å². The number of amides is 2. The van der Waals surface area contributed by atoms with E-state index in [1.54, 1.807) is 0 Å². The number of thiazole rings is 1. The maximum Gasteiger partial charge on any atom is 0.321 e. The summed E-state index contributed by atoms with van der Waals surface area (Å²) in [6.07, 6.45) is 0.741. The molecule has 0 aliphatic rings. The molecule has 24 heavy (non-hydrogen) atoms. The van der Waals surface area contributed by atoms with Crippen molar-refractivity contribution < 1.29 is 9.53 Å². The molecular formula is C18H25N3O2S. The molecule has 0 fully saturated rings. The second-order valence-corrected chi connectivity index (χ2v) is 7.51. The van der Waals surface area contributed by atoms with E-state index in [0.29, 0.717) is 18.3 Å². The van der Waals surface area contributed by atoms with Crippen LogP contribution in [0.15, 0.2) is 29.6 Å². The Morgan fingerprint density at radius 1 is 1.25 bits per heavy atom. The van der Waals surface area contributed by atoms with Gasteiger partial charge in [-0.1, -0.05) is 32.9 Å². The summed E-state index contributed by atoms with van der Waals surface area (Å²) in [5.74, 6) is 0.853. The predicted molar refractivity (Wildman–Crippen MR) is 99.1 cm³/mol. The summed E-state index contributed by atoms with van der Waals surface area (Å²) in [4.78, 5) is 15.9. The highest BCUT2D eigenvalue weighted by Gasteiger charge is 2.12. The number of nitrogens with zero attached hydrogens (tertiary/aromatic N) is 1. The van der Waals surface area contributed by atoms with Crippen molar-refractivity contribution in [1.29, 1.82) is 0 Å². The molecule has 5 nitrogen and oxygen atoms in total. The van der Waals surface area contributed by atoms with Gasteiger partial charge in [0.25, 0.3) is 0 Å². The number of ether oxygens (including phenoxy) is 1. The third kappa shape index (κ3) is 5.85. The fourth-order valence-corrected chi connectivity index (χ4v) is 2.75. The van der Waals surface area contributed by atoms with E-state index < -0.39 is 0 Å². The van der Waals surface area contributed by atoms with E-state index in [2.05, 4.69) is 48.5 Å². The molecule has 1 aromatic carbocycles. The van der Waals surface area contributed by atoms with Crippen LogP contribution in [0.2, 0.25) is 0 Å². The zero-order chi connectivity index (χ0) is 17.6. The van der Waals surface area contributed by atoms with Gasteiger partial charge in [0.15, 0.2) is 5.13 Å². The summed E-state index contributed by atoms with van der Waals surface area (Å²) in [6, 6.07) is 7.93. The summed E-state index contributed by atoms with van der Waals surface area (Å²) >= 11 is 1.41. The van der Waals surface area contributed by atoms with Gasteiger partial charge in [0, 0.05) is 11.9 Å². The molecule has 0 atom stereocenters. The highest BCUT2D eigenvalue weighted by atomic mass is 32.1. The zero-order valence-corrected chi connectivity index (χ0v) is 15.5. The van der Waals surface area contributed by atoms with Crippen LogP contribution in [0.3, 0.4) is 0 Å². The summed E-state index contributed by atoms with van der Waals surface area (Å²) in [5.41, 5.74) is 2.33. The minimum absolute atomic E-state index is 0.145. The Morgan fingerprint density at radius 2 is 1.96 bits per heavy atom. The standard InChI is InChI=1S/C18H25N3O2S/c1-13-12-24-17(20-13)21-16(22)19-10-5-11-23-15-8-6-14(7-9-15)18(2,3)4/h6-9,12H,5,10-11H2,1-4H3,(H2,19,20,21,22). The molecule has 0 bridgehead atoms. The van der Waals surface area contributed by atoms with Crippen molar-refractivity contribution in [2.45, 2.75) is 39.5 Å². The van der Waals surface area contributed by atoms with Gasteiger partial charge in [0.2, 0.25) is 0 Å². The Bertz CT molecular complexity index is 660. The second kappa shape index (κ2) is 8.15. The van der Waals surface area contributed by atoms with Crippen molar-refractivity contribution in [3.8, 4) is 5.75 Å². The van der Waals surface area contributed by atoms with E-state index >= 15 is 0 Å². The molecule has 2 aromatic rings. The largest absolute Gasteiger partial charge is 0.494 e. The van der Waals surface area contributed by atoms with E-state index in [9.17, 15) is 4.79 Å². The number of hydrogen-bond donors (Lipinski definition) is 2. The number of aromatic nitrogens is 1. The average molecular weight is 347 g/mol. The predicted octanol–water partition coefficient (Wildman–Crippen LogP) is 4.34. The second-order valence-electron chi connectivity index (χ2n) is 6.65. The lowest BCUT2D eigenvalue weighted by Gasteiger charge is -2.19. The van der Waals surface area contributed by atoms with Crippen molar-refractivity contribution in [3.63, 3.8) is 0 Å². The molecular weight excluding hydrogens is 322 g/mol. The van der Waals surface area contributed by atoms with Gasteiger partial charge < -0.3 is 10.1 Å². The number of anilines is 1. The van der Waals surface area contributed by atoms with Crippen LogP contribution in [0.4, 0.5) is 9.93 Å². The third-order valence-electron chi connectivity index (χ3n) is 3.44. The van der Waals surface area contributed by atoms with Crippen molar-refractivity contribution in [3.05, 3.63) is 40.9 Å². The molecule has 0 radical (unpaired) electrons. The summed E-state index contributed by atoms with van der Waals surface area (Å²) in [5, 5.41) is 8.01. The maximum atomic E-state index is 11.7. The van der Waals surface area contributed by atoms with Gasteiger partial charge in [0.05, 0.1) is 12.3 Å². The van der Waals surface area contributed by atoms with Crippen LogP contribution in [0.1, 0.15) is 38.4 Å². The Hall–Kier alpha value is -2.08. The fourth-order valence-electron chi connectivity index (χ4n) is 2.07. The highest BCUT2D eigenvalue weighted by Crippen LogP contribution is 2.24. The van der Waals surface area contributed by atoms with Crippen LogP contribution < -0.4 is 15.4 Å². The number of hydrogen-bond acceptors (Lipinski definition) is 4. The SMILES string of the molecule is Cc1csc(NC(=O)NCCCOc2ccc(C(C)(C)C)cc2)n1. The van der Waals surface area contributed by atoms with E-state index in [1.165, 1.54) is 16.9 Å². The van der Waals surface area contributed by atoms with Crippen LogP contribution in [-0.4, -0.2) is 24.2 Å². The number of rotatable bonds is 6. The lowest BCUT2D eigenvalue weighted by molar-refractivity contribution is 0.250. The average Bonchev–Trinajstić information content (AvgIpc) is 2.91. The van der Waals surface area contributed by atoms with Crippen LogP contribution in [0.5, 0.6) is 5.75 Å². The summed E-state index contributed by atoms with van der Waals surface area (Å²) < 4.78 is 5.70. The van der Waals surface area contributed by atoms with Gasteiger partial charge in [0.1, 0.15) is 5.75 Å². The van der Waals surface area contributed by atoms with Crippen LogP contribution >= 0.6 is 11.3 Å². The first kappa shape index (κ1) is 18.3. The van der Waals surface area contributed by atoms with E-state index in [0.717, 1.165) is 17.9 Å². The molecule has 2 N–H and O–H groups in total. The Morgan fingerprint density at radius 3 is 2.54 bits per heavy atom. The number of carbonyl (C=O) groups is 1. The molecule has 2 rings (SSSR count). The molecule has 0 unspecified atom stereocenters. The van der Waals surface area contributed by atoms with Crippen LogP contribution in [0, 0.1) is 6.92 Å². The van der Waals surface area contributed by atoms with Gasteiger partial charge in [-0.05, 0) is 36.5 Å². The molecule has 1 heterocycles. The molecule has 0 saturated heterocycles. The maximum absolute atomic E-state index is 11.7. The lowest BCUT2D eigenvalue weighted by Crippen LogP contribution is -2.30. The number of carbonyl (C=O) groups excluding carboxylic acids is 1. The molecule has 2 amide bonds. The van der Waals surface area contributed by atoms with Gasteiger partial charge in [-0.2, -0.15) is 0 Å². The fraction of sp³-hybridized carbons (Fsp3) is 0.444. The topological polar surface area (TPSA) is 63.2 Å². The van der Waals surface area contributed by atoms with E-state index in [4.69, 9.17) is 4.74 Å². The first-order valence-electron chi connectivity index (χ1n) is 8.05. The molecule has 6 heteroatoms. The van der Waals surface area contributed by atoms with Gasteiger partial charge >= 0.3 is 6.03 Å². The van der Waals surface area contributed by atoms with E-state index in [1.807, 2.05) is 24.4 Å². The number of aryl methyl sites for hydroxylation is 1. The Labute approximate surface area is 147 Å². The molecule has 0 saturated carbocycles. The van der Waals surface area contributed by atoms with E-state index in [-0.39, 0.29) is 11.4 Å². The van der Waals surface area contributed by atoms with Crippen molar-refractivity contribution in [2.75, 3.05) is 18.5 Å². The first-order chi connectivity index (χ1) is 11.3. The van der Waals surface area contributed by atoms with Crippen molar-refractivity contribution in [2.24, 2.45) is 0 Å². The molecule has 130 valence electrons. The van der Waals surface area contributed by atoms with Gasteiger partial charge in [-0.15, -0.1) is 11.3 Å². The molecule has 0 aliphatic heterocycles. The quantitative estimate of drug-likeness (QED) is 0.764.